The maximum Gasteiger partial charge on any atom is 0.0689 e. The smallest absolute Gasteiger partial charge is 0.0689 e. The topological polar surface area (TPSA) is 32.7 Å². The Bertz CT molecular complexity index is 365. The van der Waals surface area contributed by atoms with E-state index in [2.05, 4.69) is 39.5 Å². The van der Waals surface area contributed by atoms with Crippen molar-refractivity contribution in [1.29, 1.82) is 0 Å². The van der Waals surface area contributed by atoms with Crippen LogP contribution in [0.4, 0.5) is 0 Å². The summed E-state index contributed by atoms with van der Waals surface area (Å²) in [6, 6.07) is 0. The third-order valence-corrected chi connectivity index (χ3v) is 7.03. The summed E-state index contributed by atoms with van der Waals surface area (Å²) < 4.78 is 6.27. The Kier molecular flexibility index (Phi) is 6.55. The summed E-state index contributed by atoms with van der Waals surface area (Å²) >= 11 is 0. The minimum absolute atomic E-state index is 0.257. The molecular formula is C20H39NO2. The van der Waals surface area contributed by atoms with Crippen LogP contribution in [0.3, 0.4) is 0 Å². The molecule has 0 aliphatic heterocycles. The molecule has 1 N–H and O–H groups in total. The number of hydrogen-bond donors (Lipinski definition) is 1. The van der Waals surface area contributed by atoms with Crippen LogP contribution in [0, 0.1) is 16.7 Å². The molecule has 3 heteroatoms. The lowest BCUT2D eigenvalue weighted by atomic mass is 9.70. The van der Waals surface area contributed by atoms with Crippen molar-refractivity contribution in [1.82, 2.24) is 4.90 Å². The third-order valence-electron chi connectivity index (χ3n) is 7.03. The maximum absolute atomic E-state index is 10.3. The van der Waals surface area contributed by atoms with Crippen molar-refractivity contribution >= 4 is 0 Å². The van der Waals surface area contributed by atoms with Crippen LogP contribution in [0.5, 0.6) is 0 Å². The van der Waals surface area contributed by atoms with Gasteiger partial charge in [0.2, 0.25) is 0 Å². The highest BCUT2D eigenvalue weighted by atomic mass is 16.5. The SMILES string of the molecule is CCCN(CCC)C[C@H](O)CCO[C@H]1C[C@@H]2CC[C@]1(C)C2(C)C. The lowest BCUT2D eigenvalue weighted by Crippen LogP contribution is -2.38. The van der Waals surface area contributed by atoms with Gasteiger partial charge in [-0.1, -0.05) is 34.6 Å². The van der Waals surface area contributed by atoms with Gasteiger partial charge in [0, 0.05) is 13.2 Å². The number of aliphatic hydroxyl groups excluding tert-OH is 1. The van der Waals surface area contributed by atoms with Crippen molar-refractivity contribution in [3.05, 3.63) is 0 Å². The lowest BCUT2D eigenvalue weighted by molar-refractivity contribution is -0.0564. The van der Waals surface area contributed by atoms with E-state index in [0.717, 1.165) is 44.8 Å². The van der Waals surface area contributed by atoms with Gasteiger partial charge in [-0.05, 0) is 68.4 Å². The summed E-state index contributed by atoms with van der Waals surface area (Å²) in [4.78, 5) is 2.38. The molecule has 2 rings (SSSR count). The van der Waals surface area contributed by atoms with Crippen LogP contribution in [0.2, 0.25) is 0 Å². The molecule has 4 atom stereocenters. The van der Waals surface area contributed by atoms with Gasteiger partial charge in [0.05, 0.1) is 12.2 Å². The fourth-order valence-electron chi connectivity index (χ4n) is 5.04. The minimum atomic E-state index is -0.257. The first kappa shape index (κ1) is 19.2. The van der Waals surface area contributed by atoms with E-state index in [4.69, 9.17) is 4.74 Å². The molecule has 136 valence electrons. The predicted octanol–water partition coefficient (Wildman–Crippen LogP) is 4.09. The first-order valence-electron chi connectivity index (χ1n) is 9.87. The number of ether oxygens (including phenoxy) is 1. The van der Waals surface area contributed by atoms with E-state index < -0.39 is 0 Å². The van der Waals surface area contributed by atoms with Crippen LogP contribution in [-0.4, -0.2) is 48.5 Å². The number of fused-ring (bicyclic) bond motifs is 2. The first-order chi connectivity index (χ1) is 10.8. The van der Waals surface area contributed by atoms with Crippen molar-refractivity contribution in [3.8, 4) is 0 Å². The summed E-state index contributed by atoms with van der Waals surface area (Å²) in [5.41, 5.74) is 0.744. The van der Waals surface area contributed by atoms with Gasteiger partial charge in [-0.2, -0.15) is 0 Å². The Morgan fingerprint density at radius 1 is 1.17 bits per heavy atom. The second kappa shape index (κ2) is 7.84. The van der Waals surface area contributed by atoms with E-state index in [0.29, 0.717) is 23.5 Å². The van der Waals surface area contributed by atoms with Gasteiger partial charge in [-0.15, -0.1) is 0 Å². The van der Waals surface area contributed by atoms with Gasteiger partial charge in [-0.25, -0.2) is 0 Å². The van der Waals surface area contributed by atoms with E-state index >= 15 is 0 Å². The van der Waals surface area contributed by atoms with Crippen molar-refractivity contribution in [2.24, 2.45) is 16.7 Å². The molecular weight excluding hydrogens is 286 g/mol. The van der Waals surface area contributed by atoms with E-state index in [9.17, 15) is 5.11 Å². The van der Waals surface area contributed by atoms with Crippen molar-refractivity contribution < 1.29 is 9.84 Å². The zero-order valence-electron chi connectivity index (χ0n) is 16.1. The number of rotatable bonds is 10. The first-order valence-corrected chi connectivity index (χ1v) is 9.87. The highest BCUT2D eigenvalue weighted by Gasteiger charge is 2.61. The van der Waals surface area contributed by atoms with Gasteiger partial charge in [0.1, 0.15) is 0 Å². The molecule has 2 aliphatic rings. The molecule has 0 heterocycles. The van der Waals surface area contributed by atoms with E-state index in [-0.39, 0.29) is 6.10 Å². The quantitative estimate of drug-likeness (QED) is 0.656. The Morgan fingerprint density at radius 3 is 2.30 bits per heavy atom. The highest BCUT2D eigenvalue weighted by molar-refractivity contribution is 5.11. The van der Waals surface area contributed by atoms with Gasteiger partial charge >= 0.3 is 0 Å². The van der Waals surface area contributed by atoms with Gasteiger partial charge in [0.15, 0.2) is 0 Å². The van der Waals surface area contributed by atoms with Crippen molar-refractivity contribution in [3.63, 3.8) is 0 Å². The zero-order chi connectivity index (χ0) is 17.1. The Hall–Kier alpha value is -0.120. The second-order valence-corrected chi connectivity index (χ2v) is 8.71. The molecule has 2 saturated carbocycles. The number of hydrogen-bond acceptors (Lipinski definition) is 3. The predicted molar refractivity (Wildman–Crippen MR) is 96.6 cm³/mol. The van der Waals surface area contributed by atoms with Crippen LogP contribution >= 0.6 is 0 Å². The average molecular weight is 326 g/mol. The highest BCUT2D eigenvalue weighted by Crippen LogP contribution is 2.66. The van der Waals surface area contributed by atoms with Crippen LogP contribution in [0.1, 0.15) is 73.1 Å². The molecule has 0 saturated heterocycles. The molecule has 0 spiro atoms. The summed E-state index contributed by atoms with van der Waals surface area (Å²) in [6.45, 7) is 15.4. The van der Waals surface area contributed by atoms with E-state index in [1.807, 2.05) is 0 Å². The molecule has 23 heavy (non-hydrogen) atoms. The molecule has 0 amide bonds. The van der Waals surface area contributed by atoms with Crippen molar-refractivity contribution in [2.45, 2.75) is 85.4 Å². The largest absolute Gasteiger partial charge is 0.392 e. The molecule has 0 aromatic rings. The van der Waals surface area contributed by atoms with E-state index in [1.165, 1.54) is 19.3 Å². The molecule has 2 aliphatic carbocycles. The van der Waals surface area contributed by atoms with Crippen LogP contribution in [0.15, 0.2) is 0 Å². The number of aliphatic hydroxyl groups is 1. The molecule has 0 aromatic carbocycles. The average Bonchev–Trinajstić information content (AvgIpc) is 2.81. The molecule has 3 nitrogen and oxygen atoms in total. The van der Waals surface area contributed by atoms with Crippen LogP contribution < -0.4 is 0 Å². The summed E-state index contributed by atoms with van der Waals surface area (Å²) in [5.74, 6) is 0.826. The molecule has 0 aromatic heterocycles. The maximum atomic E-state index is 10.3. The van der Waals surface area contributed by atoms with E-state index in [1.54, 1.807) is 0 Å². The lowest BCUT2D eigenvalue weighted by Gasteiger charge is -2.39. The normalized spacial score (nSPS) is 33.5. The standard InChI is InChI=1S/C20H39NO2/c1-6-11-21(12-7-2)15-17(22)9-13-23-18-14-16-8-10-20(18,5)19(16,3)4/h16-18,22H,6-15H2,1-5H3/t16-,17+,18-,20-/m0/s1. The van der Waals surface area contributed by atoms with Gasteiger partial charge in [0.25, 0.3) is 0 Å². The van der Waals surface area contributed by atoms with Crippen LogP contribution in [0.25, 0.3) is 0 Å². The fraction of sp³-hybridized carbons (Fsp3) is 1.00. The molecule has 2 bridgehead atoms. The second-order valence-electron chi connectivity index (χ2n) is 8.71. The number of nitrogens with zero attached hydrogens (tertiary/aromatic N) is 1. The van der Waals surface area contributed by atoms with Crippen molar-refractivity contribution in [2.75, 3.05) is 26.2 Å². The van der Waals surface area contributed by atoms with Crippen LogP contribution in [-0.2, 0) is 4.74 Å². The summed E-state index contributed by atoms with van der Waals surface area (Å²) in [6.07, 6.45) is 7.10. The fourth-order valence-corrected chi connectivity index (χ4v) is 5.04. The Morgan fingerprint density at radius 2 is 1.83 bits per heavy atom. The Balaban J connectivity index is 1.73. The van der Waals surface area contributed by atoms with Gasteiger partial charge in [-0.3, -0.25) is 0 Å². The van der Waals surface area contributed by atoms with Gasteiger partial charge < -0.3 is 14.7 Å². The summed E-state index contributed by atoms with van der Waals surface area (Å²) in [7, 11) is 0. The Labute approximate surface area is 143 Å². The molecule has 2 fully saturated rings. The molecule has 0 radical (unpaired) electrons. The molecule has 0 unspecified atom stereocenters. The monoisotopic (exact) mass is 325 g/mol. The third kappa shape index (κ3) is 3.93. The minimum Gasteiger partial charge on any atom is -0.392 e. The zero-order valence-corrected chi connectivity index (χ0v) is 16.1. The summed E-state index contributed by atoms with van der Waals surface area (Å²) in [5, 5.41) is 10.3.